The van der Waals surface area contributed by atoms with Crippen LogP contribution in [0, 0.1) is 33.5 Å². The highest BCUT2D eigenvalue weighted by Gasteiger charge is 2.48. The number of rotatable bonds is 7. The first-order valence-corrected chi connectivity index (χ1v) is 15.6. The summed E-state index contributed by atoms with van der Waals surface area (Å²) in [5.74, 6) is 0.615. The van der Waals surface area contributed by atoms with Crippen molar-refractivity contribution in [1.29, 1.82) is 16.1 Å². The molecule has 3 N–H and O–H groups in total. The molecule has 41 heavy (non-hydrogen) atoms. The van der Waals surface area contributed by atoms with Crippen molar-refractivity contribution in [2.45, 2.75) is 56.9 Å². The maximum Gasteiger partial charge on any atom is 0.171 e. The molecule has 1 aliphatic heterocycles. The number of ether oxygens (including phenoxy) is 1. The summed E-state index contributed by atoms with van der Waals surface area (Å²) in [6.45, 7) is 9.66. The van der Waals surface area contributed by atoms with Crippen LogP contribution < -0.4 is 9.62 Å². The second-order valence-corrected chi connectivity index (χ2v) is 13.6. The number of anilines is 1. The number of imidazole rings is 1. The van der Waals surface area contributed by atoms with E-state index in [9.17, 15) is 10.1 Å². The Kier molecular flexibility index (Phi) is 11.7. The zero-order chi connectivity index (χ0) is 30.4. The van der Waals surface area contributed by atoms with Crippen molar-refractivity contribution in [3.8, 4) is 6.07 Å². The molecule has 0 atom stereocenters. The number of likely N-dealkylation sites (N-methyl/N-ethyl adjacent to an activating group) is 1. The lowest BCUT2D eigenvalue weighted by Crippen LogP contribution is -2.44. The number of aldehydes is 1. The van der Waals surface area contributed by atoms with Gasteiger partial charge in [-0.2, -0.15) is 5.26 Å². The van der Waals surface area contributed by atoms with Crippen molar-refractivity contribution in [3.63, 3.8) is 0 Å². The Morgan fingerprint density at radius 1 is 1.22 bits per heavy atom. The second-order valence-electron chi connectivity index (χ2n) is 11.3. The van der Waals surface area contributed by atoms with E-state index in [0.717, 1.165) is 60.3 Å². The van der Waals surface area contributed by atoms with E-state index in [1.165, 1.54) is 12.8 Å². The van der Waals surface area contributed by atoms with E-state index in [1.54, 1.807) is 26.2 Å². The fraction of sp³-hybridized carbons (Fsp3) is 0.607. The highest BCUT2D eigenvalue weighted by molar-refractivity contribution is 8.26. The molecular formula is C28H41ClN8O2S2. The van der Waals surface area contributed by atoms with Gasteiger partial charge in [0.25, 0.3) is 0 Å². The number of piperazine rings is 1. The number of pyridine rings is 1. The molecule has 0 radical (unpaired) electrons. The van der Waals surface area contributed by atoms with E-state index < -0.39 is 5.41 Å². The van der Waals surface area contributed by atoms with Crippen LogP contribution >= 0.6 is 35.3 Å². The molecule has 2 aliphatic carbocycles. The van der Waals surface area contributed by atoms with Crippen LogP contribution in [0.1, 0.15) is 52.3 Å². The predicted octanol–water partition coefficient (Wildman–Crippen LogP) is 5.33. The summed E-state index contributed by atoms with van der Waals surface area (Å²) in [5.41, 5.74) is 1.26. The van der Waals surface area contributed by atoms with Gasteiger partial charge in [-0.3, -0.25) is 19.9 Å². The molecule has 3 fully saturated rings. The highest BCUT2D eigenvalue weighted by atomic mass is 35.5. The Bertz CT molecular complexity index is 1290. The van der Waals surface area contributed by atoms with Gasteiger partial charge in [-0.15, -0.1) is 0 Å². The lowest BCUT2D eigenvalue weighted by molar-refractivity contribution is -0.110. The molecule has 3 aliphatic rings. The third-order valence-corrected chi connectivity index (χ3v) is 9.28. The number of fused-ring (bicyclic) bond motifs is 1. The lowest BCUT2D eigenvalue weighted by atomic mass is 10.2. The van der Waals surface area contributed by atoms with E-state index in [0.29, 0.717) is 23.8 Å². The average Bonchev–Trinajstić information content (AvgIpc) is 3.87. The minimum atomic E-state index is -0.719. The van der Waals surface area contributed by atoms with Crippen LogP contribution in [-0.2, 0) is 9.53 Å². The quantitative estimate of drug-likeness (QED) is 0.162. The van der Waals surface area contributed by atoms with Gasteiger partial charge in [0.15, 0.2) is 11.0 Å². The van der Waals surface area contributed by atoms with Gasteiger partial charge in [-0.05, 0) is 57.7 Å². The Hall–Kier alpha value is -2.14. The van der Waals surface area contributed by atoms with Crippen molar-refractivity contribution in [1.82, 2.24) is 19.0 Å². The van der Waals surface area contributed by atoms with E-state index >= 15 is 0 Å². The van der Waals surface area contributed by atoms with Crippen molar-refractivity contribution >= 4 is 62.9 Å². The molecule has 13 heteroatoms. The summed E-state index contributed by atoms with van der Waals surface area (Å²) in [6, 6.07) is 4.40. The molecule has 0 spiro atoms. The number of carbonyl (C=O) groups is 1. The zero-order valence-corrected chi connectivity index (χ0v) is 27.1. The Morgan fingerprint density at radius 3 is 2.29 bits per heavy atom. The number of halogens is 1. The second kappa shape index (κ2) is 14.4. The largest absolute Gasteiger partial charge is 0.388 e. The fourth-order valence-electron chi connectivity index (χ4n) is 3.86. The van der Waals surface area contributed by atoms with Gasteiger partial charge in [-0.25, -0.2) is 4.98 Å². The summed E-state index contributed by atoms with van der Waals surface area (Å²) in [5, 5.41) is 27.2. The van der Waals surface area contributed by atoms with Crippen LogP contribution in [0.5, 0.6) is 0 Å². The number of thioether (sulfide) groups is 1. The van der Waals surface area contributed by atoms with Crippen LogP contribution in [0.15, 0.2) is 17.2 Å². The fourth-order valence-corrected chi connectivity index (χ4v) is 5.91. The van der Waals surface area contributed by atoms with Gasteiger partial charge < -0.3 is 19.3 Å². The highest BCUT2D eigenvalue weighted by Crippen LogP contribution is 2.49. The smallest absolute Gasteiger partial charge is 0.171 e. The van der Waals surface area contributed by atoms with Crippen LogP contribution in [-0.4, -0.2) is 83.6 Å². The number of nitriles is 1. The number of hydrogen-bond donors (Lipinski definition) is 3. The van der Waals surface area contributed by atoms with Crippen molar-refractivity contribution in [3.05, 3.63) is 23.2 Å². The molecule has 5 rings (SSSR count). The van der Waals surface area contributed by atoms with Crippen LogP contribution in [0.3, 0.4) is 0 Å². The van der Waals surface area contributed by atoms with Crippen LogP contribution in [0.25, 0.3) is 5.52 Å². The number of nitrogens with zero attached hydrogens (tertiary/aromatic N) is 5. The molecule has 2 saturated carbocycles. The van der Waals surface area contributed by atoms with Crippen molar-refractivity contribution < 1.29 is 9.53 Å². The molecule has 1 saturated heterocycles. The van der Waals surface area contributed by atoms with Gasteiger partial charge in [0, 0.05) is 62.9 Å². The van der Waals surface area contributed by atoms with Gasteiger partial charge in [0.1, 0.15) is 22.3 Å². The Morgan fingerprint density at radius 2 is 1.80 bits per heavy atom. The number of nitrogens with one attached hydrogen (secondary N) is 3. The Balaban J connectivity index is 0.000000515. The summed E-state index contributed by atoms with van der Waals surface area (Å²) < 4.78 is 9.71. The molecule has 2 aromatic heterocycles. The minimum absolute atomic E-state index is 0.136. The normalized spacial score (nSPS) is 18.5. The Labute approximate surface area is 256 Å². The number of carbonyl (C=O) groups excluding carboxylic acids is 1. The minimum Gasteiger partial charge on any atom is -0.388 e. The number of methoxy groups -OCH3 is 1. The van der Waals surface area contributed by atoms with Crippen molar-refractivity contribution in [2.75, 3.05) is 52.3 Å². The molecule has 224 valence electrons. The number of hydrogen-bond acceptors (Lipinski definition) is 11. The van der Waals surface area contributed by atoms with Crippen LogP contribution in [0.4, 0.5) is 5.69 Å². The van der Waals surface area contributed by atoms with E-state index in [1.807, 2.05) is 24.4 Å². The summed E-state index contributed by atoms with van der Waals surface area (Å²) in [4.78, 5) is 19.7. The van der Waals surface area contributed by atoms with E-state index in [4.69, 9.17) is 22.4 Å². The standard InChI is InChI=1S/C22H27ClN8S2.C4H8O.C2H6O/c1-21(3-4-21)28-33-14-11-15(30-9-7-29(2)8-10-30)16-17(23)27-19(31(16)12-14)18(25)32-20(26)22(13-24)5-6-22;1-4(2)3-5;1-3-2/h11-12,25-26,28H,3-10H2,1-2H3;3-4H,1-2H3;1-2H3. The first kappa shape index (κ1) is 33.4. The monoisotopic (exact) mass is 620 g/mol. The third kappa shape index (κ3) is 8.69. The molecular weight excluding hydrogens is 580 g/mol. The molecule has 10 nitrogen and oxygen atoms in total. The molecule has 2 aromatic rings. The van der Waals surface area contributed by atoms with Gasteiger partial charge >= 0.3 is 0 Å². The van der Waals surface area contributed by atoms with Crippen molar-refractivity contribution in [2.24, 2.45) is 11.3 Å². The zero-order valence-electron chi connectivity index (χ0n) is 24.7. The van der Waals surface area contributed by atoms with Gasteiger partial charge in [0.05, 0.1) is 16.8 Å². The lowest BCUT2D eigenvalue weighted by Gasteiger charge is -2.34. The maximum atomic E-state index is 9.50. The molecule has 0 amide bonds. The third-order valence-electron chi connectivity index (χ3n) is 6.98. The summed E-state index contributed by atoms with van der Waals surface area (Å²) in [6.07, 6.45) is 6.59. The number of aromatic nitrogens is 2. The summed E-state index contributed by atoms with van der Waals surface area (Å²) in [7, 11) is 5.38. The maximum absolute atomic E-state index is 9.50. The molecule has 0 aromatic carbocycles. The average molecular weight is 621 g/mol. The van der Waals surface area contributed by atoms with Gasteiger partial charge in [-0.1, -0.05) is 37.2 Å². The topological polar surface area (TPSA) is 134 Å². The predicted molar refractivity (Wildman–Crippen MR) is 170 cm³/mol. The van der Waals surface area contributed by atoms with Gasteiger partial charge in [0.2, 0.25) is 0 Å². The molecule has 0 bridgehead atoms. The first-order chi connectivity index (χ1) is 19.4. The summed E-state index contributed by atoms with van der Waals surface area (Å²) >= 11 is 9.26. The molecule has 3 heterocycles. The SMILES string of the molecule is CC(C)C=O.CN1CCN(c2cc(SNC3(C)CC3)cn3c(C(=N)SC(=N)C4(C#N)CC4)nc(Cl)c23)CC1.COC. The van der Waals surface area contributed by atoms with E-state index in [2.05, 4.69) is 50.3 Å². The molecule has 0 unspecified atom stereocenters. The van der Waals surface area contributed by atoms with E-state index in [-0.39, 0.29) is 21.5 Å². The van der Waals surface area contributed by atoms with Crippen LogP contribution in [0.2, 0.25) is 5.15 Å². The first-order valence-electron chi connectivity index (χ1n) is 13.6.